The lowest BCUT2D eigenvalue weighted by Crippen LogP contribution is -2.55. The predicted molar refractivity (Wildman–Crippen MR) is 120 cm³/mol. The molecule has 1 aromatic carbocycles. The minimum atomic E-state index is -0.167. The number of aromatic nitrogens is 2. The van der Waals surface area contributed by atoms with Crippen molar-refractivity contribution < 1.29 is 9.59 Å². The fourth-order valence-corrected chi connectivity index (χ4v) is 4.33. The number of nitrogens with zero attached hydrogens (tertiary/aromatic N) is 4. The van der Waals surface area contributed by atoms with E-state index in [-0.39, 0.29) is 17.9 Å². The van der Waals surface area contributed by atoms with E-state index in [1.54, 1.807) is 0 Å². The second-order valence-corrected chi connectivity index (χ2v) is 8.99. The lowest BCUT2D eigenvalue weighted by atomic mass is 10.1. The monoisotopic (exact) mass is 443 g/mol. The third-order valence-electron chi connectivity index (χ3n) is 6.33. The van der Waals surface area contributed by atoms with Gasteiger partial charge >= 0.3 is 0 Å². The number of carbonyl (C=O) groups is 2. The van der Waals surface area contributed by atoms with Crippen LogP contribution in [0.3, 0.4) is 0 Å². The standard InChI is InChI=1S/C23H30ClN5O2/c1-15-21(16(2)29(26-15)14-18-6-4-5-7-20(18)24)23(31)28-12-10-27(11-13-28)17(3)22(30)25-19-8-9-19/h4-7,17,19H,8-14H2,1-3H3,(H,25,30). The molecule has 2 amide bonds. The van der Waals surface area contributed by atoms with Gasteiger partial charge in [-0.25, -0.2) is 0 Å². The third-order valence-corrected chi connectivity index (χ3v) is 6.69. The Hall–Kier alpha value is -2.38. The van der Waals surface area contributed by atoms with Crippen molar-refractivity contribution in [1.82, 2.24) is 24.9 Å². The largest absolute Gasteiger partial charge is 0.352 e. The van der Waals surface area contributed by atoms with E-state index in [1.165, 1.54) is 0 Å². The van der Waals surface area contributed by atoms with E-state index in [0.717, 1.165) is 29.8 Å². The molecule has 0 bridgehead atoms. The molecule has 2 aromatic rings. The summed E-state index contributed by atoms with van der Waals surface area (Å²) < 4.78 is 1.85. The van der Waals surface area contributed by atoms with Gasteiger partial charge in [-0.2, -0.15) is 5.10 Å². The van der Waals surface area contributed by atoms with Gasteiger partial charge in [0.2, 0.25) is 5.91 Å². The molecule has 1 aromatic heterocycles. The molecule has 166 valence electrons. The highest BCUT2D eigenvalue weighted by atomic mass is 35.5. The minimum absolute atomic E-state index is 0.00939. The van der Waals surface area contributed by atoms with Gasteiger partial charge in [0.05, 0.1) is 23.8 Å². The molecule has 8 heteroatoms. The first kappa shape index (κ1) is 21.8. The number of piperazine rings is 1. The topological polar surface area (TPSA) is 70.5 Å². The first-order chi connectivity index (χ1) is 14.8. The summed E-state index contributed by atoms with van der Waals surface area (Å²) in [5.74, 6) is 0.102. The van der Waals surface area contributed by atoms with E-state index in [9.17, 15) is 9.59 Å². The normalized spacial score (nSPS) is 18.1. The Morgan fingerprint density at radius 1 is 1.16 bits per heavy atom. The molecule has 1 saturated heterocycles. The number of amides is 2. The zero-order chi connectivity index (χ0) is 22.1. The summed E-state index contributed by atoms with van der Waals surface area (Å²) in [4.78, 5) is 29.7. The van der Waals surface area contributed by atoms with Crippen LogP contribution in [0.1, 0.15) is 47.1 Å². The summed E-state index contributed by atoms with van der Waals surface area (Å²) >= 11 is 6.30. The molecule has 1 unspecified atom stereocenters. The molecule has 4 rings (SSSR count). The lowest BCUT2D eigenvalue weighted by Gasteiger charge is -2.37. The summed E-state index contributed by atoms with van der Waals surface area (Å²) in [6, 6.07) is 7.88. The second-order valence-electron chi connectivity index (χ2n) is 8.58. The van der Waals surface area contributed by atoms with Crippen molar-refractivity contribution >= 4 is 23.4 Å². The zero-order valence-electron chi connectivity index (χ0n) is 18.4. The van der Waals surface area contributed by atoms with E-state index in [0.29, 0.717) is 49.4 Å². The van der Waals surface area contributed by atoms with Crippen LogP contribution in [0.4, 0.5) is 0 Å². The average molecular weight is 444 g/mol. The van der Waals surface area contributed by atoms with E-state index in [1.807, 2.05) is 54.6 Å². The second kappa shape index (κ2) is 9.01. The van der Waals surface area contributed by atoms with E-state index < -0.39 is 0 Å². The summed E-state index contributed by atoms with van der Waals surface area (Å²) in [6.45, 7) is 8.88. The average Bonchev–Trinajstić information content (AvgIpc) is 3.53. The maximum atomic E-state index is 13.3. The quantitative estimate of drug-likeness (QED) is 0.745. The van der Waals surface area contributed by atoms with Crippen molar-refractivity contribution in [2.24, 2.45) is 0 Å². The van der Waals surface area contributed by atoms with Crippen LogP contribution in [0, 0.1) is 13.8 Å². The first-order valence-electron chi connectivity index (χ1n) is 11.0. The van der Waals surface area contributed by atoms with Crippen LogP contribution in [-0.4, -0.2) is 69.7 Å². The Morgan fingerprint density at radius 2 is 1.84 bits per heavy atom. The molecule has 1 atom stereocenters. The van der Waals surface area contributed by atoms with Gasteiger partial charge < -0.3 is 10.2 Å². The number of hydrogen-bond donors (Lipinski definition) is 1. The van der Waals surface area contributed by atoms with Gasteiger partial charge in [0.1, 0.15) is 0 Å². The van der Waals surface area contributed by atoms with Crippen molar-refractivity contribution in [1.29, 1.82) is 0 Å². The van der Waals surface area contributed by atoms with Gasteiger partial charge in [-0.15, -0.1) is 0 Å². The highest BCUT2D eigenvalue weighted by Crippen LogP contribution is 2.22. The summed E-state index contributed by atoms with van der Waals surface area (Å²) in [5.41, 5.74) is 3.22. The van der Waals surface area contributed by atoms with Crippen molar-refractivity contribution in [3.63, 3.8) is 0 Å². The molecule has 1 N–H and O–H groups in total. The molecule has 1 saturated carbocycles. The molecule has 2 heterocycles. The van der Waals surface area contributed by atoms with Crippen molar-refractivity contribution in [2.75, 3.05) is 26.2 Å². The molecule has 7 nitrogen and oxygen atoms in total. The van der Waals surface area contributed by atoms with Crippen LogP contribution in [-0.2, 0) is 11.3 Å². The molecule has 0 radical (unpaired) electrons. The Bertz CT molecular complexity index is 976. The Morgan fingerprint density at radius 3 is 2.48 bits per heavy atom. The maximum Gasteiger partial charge on any atom is 0.257 e. The number of rotatable bonds is 6. The maximum absolute atomic E-state index is 13.3. The highest BCUT2D eigenvalue weighted by molar-refractivity contribution is 6.31. The van der Waals surface area contributed by atoms with Gasteiger partial charge in [0.25, 0.3) is 5.91 Å². The van der Waals surface area contributed by atoms with Crippen LogP contribution < -0.4 is 5.32 Å². The smallest absolute Gasteiger partial charge is 0.257 e. The van der Waals surface area contributed by atoms with Gasteiger partial charge in [0, 0.05) is 42.9 Å². The highest BCUT2D eigenvalue weighted by Gasteiger charge is 2.32. The fraction of sp³-hybridized carbons (Fsp3) is 0.522. The van der Waals surface area contributed by atoms with Gasteiger partial charge in [0.15, 0.2) is 0 Å². The number of nitrogens with one attached hydrogen (secondary N) is 1. The van der Waals surface area contributed by atoms with Crippen molar-refractivity contribution in [3.05, 3.63) is 51.8 Å². The molecule has 1 aliphatic carbocycles. The van der Waals surface area contributed by atoms with Crippen LogP contribution in [0.25, 0.3) is 0 Å². The Labute approximate surface area is 188 Å². The number of carbonyl (C=O) groups excluding carboxylic acids is 2. The van der Waals surface area contributed by atoms with Crippen LogP contribution >= 0.6 is 11.6 Å². The fourth-order valence-electron chi connectivity index (χ4n) is 4.13. The Balaban J connectivity index is 1.40. The van der Waals surface area contributed by atoms with Gasteiger partial charge in [-0.1, -0.05) is 29.8 Å². The number of aryl methyl sites for hydroxylation is 1. The molecule has 2 aliphatic rings. The van der Waals surface area contributed by atoms with Crippen molar-refractivity contribution in [3.8, 4) is 0 Å². The van der Waals surface area contributed by atoms with E-state index >= 15 is 0 Å². The number of halogens is 1. The van der Waals surface area contributed by atoms with Crippen LogP contribution in [0.15, 0.2) is 24.3 Å². The molecular weight excluding hydrogens is 414 g/mol. The third kappa shape index (κ3) is 4.77. The van der Waals surface area contributed by atoms with E-state index in [4.69, 9.17) is 11.6 Å². The van der Waals surface area contributed by atoms with Gasteiger partial charge in [-0.3, -0.25) is 19.2 Å². The van der Waals surface area contributed by atoms with Crippen LogP contribution in [0.5, 0.6) is 0 Å². The zero-order valence-corrected chi connectivity index (χ0v) is 19.2. The molecular formula is C23H30ClN5O2. The summed E-state index contributed by atoms with van der Waals surface area (Å²) in [7, 11) is 0. The lowest BCUT2D eigenvalue weighted by molar-refractivity contribution is -0.126. The molecule has 0 spiro atoms. The summed E-state index contributed by atoms with van der Waals surface area (Å²) in [5, 5.41) is 8.37. The minimum Gasteiger partial charge on any atom is -0.352 e. The molecule has 31 heavy (non-hydrogen) atoms. The molecule has 1 aliphatic heterocycles. The van der Waals surface area contributed by atoms with E-state index in [2.05, 4.69) is 15.3 Å². The van der Waals surface area contributed by atoms with Crippen molar-refractivity contribution in [2.45, 2.75) is 52.2 Å². The number of hydrogen-bond acceptors (Lipinski definition) is 4. The predicted octanol–water partition coefficient (Wildman–Crippen LogP) is 2.63. The van der Waals surface area contributed by atoms with Gasteiger partial charge in [-0.05, 0) is 45.2 Å². The summed E-state index contributed by atoms with van der Waals surface area (Å²) in [6.07, 6.45) is 2.17. The SMILES string of the molecule is Cc1nn(Cc2ccccc2Cl)c(C)c1C(=O)N1CCN(C(C)C(=O)NC2CC2)CC1. The first-order valence-corrected chi connectivity index (χ1v) is 11.3. The Kier molecular flexibility index (Phi) is 6.34. The van der Waals surface area contributed by atoms with Crippen LogP contribution in [0.2, 0.25) is 5.02 Å². The number of benzene rings is 1. The molecule has 2 fully saturated rings.